The van der Waals surface area contributed by atoms with E-state index in [4.69, 9.17) is 11.6 Å². The Morgan fingerprint density at radius 3 is 2.60 bits per heavy atom. The molecule has 3 atom stereocenters. The molecule has 1 aliphatic carbocycles. The Hall–Kier alpha value is -1.03. The molecule has 1 heterocycles. The zero-order valence-electron chi connectivity index (χ0n) is 12.4. The molecule has 0 aliphatic heterocycles. The molecule has 0 aromatic carbocycles. The molecule has 0 radical (unpaired) electrons. The number of halogens is 1. The molecule has 1 aromatic rings. The predicted molar refractivity (Wildman–Crippen MR) is 81.5 cm³/mol. The van der Waals surface area contributed by atoms with E-state index in [1.165, 1.54) is 4.57 Å². The van der Waals surface area contributed by atoms with Crippen LogP contribution in [0.4, 0.5) is 0 Å². The minimum absolute atomic E-state index is 0.00433. The third kappa shape index (κ3) is 2.85. The zero-order valence-corrected chi connectivity index (χ0v) is 13.2. The lowest BCUT2D eigenvalue weighted by molar-refractivity contribution is 0.198. The van der Waals surface area contributed by atoms with Gasteiger partial charge in [0.05, 0.1) is 5.56 Å². The zero-order chi connectivity index (χ0) is 14.9. The lowest BCUT2D eigenvalue weighted by Crippen LogP contribution is -2.43. The highest BCUT2D eigenvalue weighted by Crippen LogP contribution is 2.35. The summed E-state index contributed by atoms with van der Waals surface area (Å²) in [5.74, 6) is 1.01. The molecule has 112 valence electrons. The SMILES string of the molecule is CCCc1c(Cl)[nH]c(=O)n(C2CCC(C)CC2C)c1=O. The number of nitrogens with one attached hydrogen (secondary N) is 1. The van der Waals surface area contributed by atoms with Crippen LogP contribution in [0, 0.1) is 11.8 Å². The Morgan fingerprint density at radius 2 is 2.00 bits per heavy atom. The van der Waals surface area contributed by atoms with Gasteiger partial charge in [-0.25, -0.2) is 4.79 Å². The van der Waals surface area contributed by atoms with Crippen molar-refractivity contribution < 1.29 is 0 Å². The second-order valence-corrected chi connectivity index (χ2v) is 6.49. The number of aromatic amines is 1. The normalized spacial score (nSPS) is 26.7. The van der Waals surface area contributed by atoms with Crippen molar-refractivity contribution in [3.05, 3.63) is 31.6 Å². The minimum Gasteiger partial charge on any atom is -0.297 e. The van der Waals surface area contributed by atoms with Crippen LogP contribution in [0.3, 0.4) is 0 Å². The average molecular weight is 299 g/mol. The van der Waals surface area contributed by atoms with Crippen LogP contribution in [0.15, 0.2) is 9.59 Å². The summed E-state index contributed by atoms with van der Waals surface area (Å²) < 4.78 is 1.41. The maximum Gasteiger partial charge on any atom is 0.329 e. The first-order chi connectivity index (χ1) is 9.45. The summed E-state index contributed by atoms with van der Waals surface area (Å²) in [6.45, 7) is 6.35. The third-order valence-electron chi connectivity index (χ3n) is 4.40. The summed E-state index contributed by atoms with van der Waals surface area (Å²) >= 11 is 6.02. The van der Waals surface area contributed by atoms with E-state index >= 15 is 0 Å². The second kappa shape index (κ2) is 6.17. The Labute approximate surface area is 124 Å². The number of nitrogens with zero attached hydrogens (tertiary/aromatic N) is 1. The van der Waals surface area contributed by atoms with E-state index in [1.54, 1.807) is 0 Å². The van der Waals surface area contributed by atoms with Crippen molar-refractivity contribution >= 4 is 11.6 Å². The topological polar surface area (TPSA) is 54.9 Å². The molecule has 0 bridgehead atoms. The molecular formula is C15H23ClN2O2. The fourth-order valence-electron chi connectivity index (χ4n) is 3.36. The number of H-pyrrole nitrogens is 1. The highest BCUT2D eigenvalue weighted by molar-refractivity contribution is 6.30. The molecule has 0 saturated heterocycles. The lowest BCUT2D eigenvalue weighted by Gasteiger charge is -2.33. The van der Waals surface area contributed by atoms with Gasteiger partial charge in [0.2, 0.25) is 0 Å². The second-order valence-electron chi connectivity index (χ2n) is 6.11. The van der Waals surface area contributed by atoms with Gasteiger partial charge in [0.25, 0.3) is 5.56 Å². The molecule has 3 unspecified atom stereocenters. The molecule has 20 heavy (non-hydrogen) atoms. The Balaban J connectivity index is 2.49. The predicted octanol–water partition coefficient (Wildman–Crippen LogP) is 3.14. The van der Waals surface area contributed by atoms with Crippen molar-refractivity contribution in [2.45, 2.75) is 58.9 Å². The van der Waals surface area contributed by atoms with Gasteiger partial charge >= 0.3 is 5.69 Å². The summed E-state index contributed by atoms with van der Waals surface area (Å²) in [6, 6.07) is -0.00433. The molecule has 4 nitrogen and oxygen atoms in total. The quantitative estimate of drug-likeness (QED) is 0.872. The number of hydrogen-bond donors (Lipinski definition) is 1. The van der Waals surface area contributed by atoms with E-state index < -0.39 is 0 Å². The number of aromatic nitrogens is 2. The summed E-state index contributed by atoms with van der Waals surface area (Å²) in [6.07, 6.45) is 4.44. The largest absolute Gasteiger partial charge is 0.329 e. The van der Waals surface area contributed by atoms with Crippen molar-refractivity contribution in [1.29, 1.82) is 0 Å². The number of hydrogen-bond acceptors (Lipinski definition) is 2. The fraction of sp³-hybridized carbons (Fsp3) is 0.733. The van der Waals surface area contributed by atoms with E-state index in [-0.39, 0.29) is 22.4 Å². The maximum atomic E-state index is 12.6. The van der Waals surface area contributed by atoms with Crippen LogP contribution in [0.1, 0.15) is 58.1 Å². The third-order valence-corrected chi connectivity index (χ3v) is 4.72. The van der Waals surface area contributed by atoms with E-state index in [2.05, 4.69) is 18.8 Å². The van der Waals surface area contributed by atoms with Crippen LogP contribution in [0.2, 0.25) is 5.15 Å². The molecule has 1 fully saturated rings. The van der Waals surface area contributed by atoms with Crippen LogP contribution in [-0.4, -0.2) is 9.55 Å². The van der Waals surface area contributed by atoms with Crippen molar-refractivity contribution in [2.24, 2.45) is 11.8 Å². The van der Waals surface area contributed by atoms with Crippen LogP contribution < -0.4 is 11.2 Å². The van der Waals surface area contributed by atoms with Crippen molar-refractivity contribution in [2.75, 3.05) is 0 Å². The summed E-state index contributed by atoms with van der Waals surface area (Å²) in [7, 11) is 0. The van der Waals surface area contributed by atoms with Crippen LogP contribution in [0.5, 0.6) is 0 Å². The Kier molecular flexibility index (Phi) is 4.74. The average Bonchev–Trinajstić information content (AvgIpc) is 2.37. The van der Waals surface area contributed by atoms with Crippen LogP contribution in [-0.2, 0) is 6.42 Å². The highest BCUT2D eigenvalue weighted by atomic mass is 35.5. The van der Waals surface area contributed by atoms with Gasteiger partial charge in [-0.2, -0.15) is 0 Å². The Morgan fingerprint density at radius 1 is 1.30 bits per heavy atom. The first-order valence-electron chi connectivity index (χ1n) is 7.48. The van der Waals surface area contributed by atoms with Crippen LogP contribution >= 0.6 is 11.6 Å². The molecule has 1 aromatic heterocycles. The van der Waals surface area contributed by atoms with E-state index in [0.717, 1.165) is 25.7 Å². The van der Waals surface area contributed by atoms with Gasteiger partial charge < -0.3 is 0 Å². The van der Waals surface area contributed by atoms with E-state index in [9.17, 15) is 9.59 Å². The lowest BCUT2D eigenvalue weighted by atomic mass is 9.79. The van der Waals surface area contributed by atoms with E-state index in [0.29, 0.717) is 23.8 Å². The molecule has 0 spiro atoms. The molecule has 1 aliphatic rings. The van der Waals surface area contributed by atoms with Gasteiger partial charge in [0.1, 0.15) is 5.15 Å². The first kappa shape index (κ1) is 15.4. The maximum absolute atomic E-state index is 12.6. The van der Waals surface area contributed by atoms with Crippen molar-refractivity contribution in [1.82, 2.24) is 9.55 Å². The van der Waals surface area contributed by atoms with Gasteiger partial charge in [-0.3, -0.25) is 14.3 Å². The smallest absolute Gasteiger partial charge is 0.297 e. The van der Waals surface area contributed by atoms with Crippen molar-refractivity contribution in [3.8, 4) is 0 Å². The Bertz CT molecular complexity index is 591. The van der Waals surface area contributed by atoms with Gasteiger partial charge in [0.15, 0.2) is 0 Å². The van der Waals surface area contributed by atoms with Gasteiger partial charge in [-0.15, -0.1) is 0 Å². The molecule has 1 N–H and O–H groups in total. The van der Waals surface area contributed by atoms with Gasteiger partial charge in [-0.1, -0.05) is 38.8 Å². The monoisotopic (exact) mass is 298 g/mol. The standard InChI is InChI=1S/C15H23ClN2O2/c1-4-5-11-13(16)17-15(20)18(14(11)19)12-7-6-9(2)8-10(12)3/h9-10,12H,4-8H2,1-3H3,(H,17,20). The fourth-order valence-corrected chi connectivity index (χ4v) is 3.62. The van der Waals surface area contributed by atoms with Gasteiger partial charge in [0, 0.05) is 6.04 Å². The van der Waals surface area contributed by atoms with Crippen LogP contribution in [0.25, 0.3) is 0 Å². The summed E-state index contributed by atoms with van der Waals surface area (Å²) in [5.41, 5.74) is -0.0298. The number of rotatable bonds is 3. The van der Waals surface area contributed by atoms with Crippen molar-refractivity contribution in [3.63, 3.8) is 0 Å². The molecular weight excluding hydrogens is 276 g/mol. The molecule has 0 amide bonds. The summed E-state index contributed by atoms with van der Waals surface area (Å²) in [4.78, 5) is 27.4. The molecule has 1 saturated carbocycles. The van der Waals surface area contributed by atoms with Gasteiger partial charge in [-0.05, 0) is 37.5 Å². The molecule has 5 heteroatoms. The highest BCUT2D eigenvalue weighted by Gasteiger charge is 2.29. The summed E-state index contributed by atoms with van der Waals surface area (Å²) in [5, 5.41) is 0.204. The molecule has 2 rings (SSSR count). The van der Waals surface area contributed by atoms with E-state index in [1.807, 2.05) is 6.92 Å². The minimum atomic E-state index is -0.369. The first-order valence-corrected chi connectivity index (χ1v) is 7.86.